The second-order valence-electron chi connectivity index (χ2n) is 7.61. The zero-order valence-corrected chi connectivity index (χ0v) is 17.9. The first-order valence-electron chi connectivity index (χ1n) is 9.95. The third kappa shape index (κ3) is 4.37. The fraction of sp³-hybridized carbons (Fsp3) is 0.381. The number of carbonyl (C=O) groups excluding carboxylic acids is 1. The van der Waals surface area contributed by atoms with E-state index in [2.05, 4.69) is 14.9 Å². The van der Waals surface area contributed by atoms with Crippen molar-refractivity contribution in [1.82, 2.24) is 9.62 Å². The molecule has 160 valence electrons. The molecule has 6 nitrogen and oxygen atoms in total. The third-order valence-electron chi connectivity index (χ3n) is 5.66. The average Bonchev–Trinajstić information content (AvgIpc) is 3.24. The van der Waals surface area contributed by atoms with Gasteiger partial charge in [0.15, 0.2) is 0 Å². The van der Waals surface area contributed by atoms with Crippen molar-refractivity contribution < 1.29 is 17.6 Å². The Morgan fingerprint density at radius 2 is 1.93 bits per heavy atom. The molecule has 4 rings (SSSR count). The van der Waals surface area contributed by atoms with Crippen molar-refractivity contribution >= 4 is 33.2 Å². The largest absolute Gasteiger partial charge is 0.326 e. The second kappa shape index (κ2) is 8.63. The fourth-order valence-electron chi connectivity index (χ4n) is 4.09. The molecular weight excluding hydrogens is 429 g/mol. The smallest absolute Gasteiger partial charge is 0.240 e. The van der Waals surface area contributed by atoms with E-state index in [1.54, 1.807) is 18.2 Å². The molecule has 0 aromatic heterocycles. The maximum absolute atomic E-state index is 14.6. The highest BCUT2D eigenvalue weighted by Crippen LogP contribution is 2.32. The Morgan fingerprint density at radius 1 is 1.17 bits per heavy atom. The van der Waals surface area contributed by atoms with Crippen LogP contribution >= 0.6 is 11.6 Å². The Labute approximate surface area is 180 Å². The second-order valence-corrected chi connectivity index (χ2v) is 9.79. The monoisotopic (exact) mass is 451 g/mol. The van der Waals surface area contributed by atoms with Crippen molar-refractivity contribution in [2.45, 2.75) is 36.6 Å². The van der Waals surface area contributed by atoms with Gasteiger partial charge in [0, 0.05) is 29.2 Å². The first-order chi connectivity index (χ1) is 14.3. The number of fused-ring (bicyclic) bond motifs is 1. The van der Waals surface area contributed by atoms with Crippen LogP contribution < -0.4 is 10.0 Å². The predicted octanol–water partition coefficient (Wildman–Crippen LogP) is 3.48. The zero-order valence-electron chi connectivity index (χ0n) is 16.3. The van der Waals surface area contributed by atoms with Crippen LogP contribution in [0.3, 0.4) is 0 Å². The number of nitrogens with zero attached hydrogens (tertiary/aromatic N) is 1. The molecule has 0 saturated carbocycles. The maximum Gasteiger partial charge on any atom is 0.240 e. The molecule has 9 heteroatoms. The average molecular weight is 452 g/mol. The van der Waals surface area contributed by atoms with Gasteiger partial charge in [0.2, 0.25) is 15.9 Å². The molecule has 0 aliphatic carbocycles. The molecular formula is C21H23ClFN3O3S. The number of anilines is 1. The summed E-state index contributed by atoms with van der Waals surface area (Å²) < 4.78 is 43.2. The Kier molecular flexibility index (Phi) is 6.11. The van der Waals surface area contributed by atoms with Gasteiger partial charge in [-0.3, -0.25) is 9.69 Å². The highest BCUT2D eigenvalue weighted by atomic mass is 35.5. The van der Waals surface area contributed by atoms with E-state index in [1.165, 1.54) is 18.2 Å². The standard InChI is InChI=1S/C21H23ClFN3O3S/c22-16-4-3-5-17(23)21(16)19(26-10-1-2-11-26)13-24-30(28,29)15-7-8-18-14(12-15)6-9-20(27)25-18/h3-5,7-8,12,19,24H,1-2,6,9-11,13H2,(H,25,27). The van der Waals surface area contributed by atoms with E-state index in [0.717, 1.165) is 31.5 Å². The molecule has 0 spiro atoms. The highest BCUT2D eigenvalue weighted by molar-refractivity contribution is 7.89. The third-order valence-corrected chi connectivity index (χ3v) is 7.41. The summed E-state index contributed by atoms with van der Waals surface area (Å²) in [6.45, 7) is 1.53. The summed E-state index contributed by atoms with van der Waals surface area (Å²) in [6, 6.07) is 8.66. The van der Waals surface area contributed by atoms with E-state index < -0.39 is 21.9 Å². The molecule has 1 saturated heterocycles. The Hall–Kier alpha value is -2.00. The van der Waals surface area contributed by atoms with Crippen LogP contribution in [0, 0.1) is 5.82 Å². The summed E-state index contributed by atoms with van der Waals surface area (Å²) in [5.41, 5.74) is 1.74. The van der Waals surface area contributed by atoms with Crippen molar-refractivity contribution in [2.75, 3.05) is 25.0 Å². The van der Waals surface area contributed by atoms with Crippen LogP contribution in [0.1, 0.15) is 36.4 Å². The minimum Gasteiger partial charge on any atom is -0.326 e. The number of amides is 1. The van der Waals surface area contributed by atoms with Crippen LogP contribution in [0.25, 0.3) is 0 Å². The molecule has 2 heterocycles. The molecule has 1 atom stereocenters. The highest BCUT2D eigenvalue weighted by Gasteiger charge is 2.29. The Morgan fingerprint density at radius 3 is 2.67 bits per heavy atom. The number of benzene rings is 2. The summed E-state index contributed by atoms with van der Waals surface area (Å²) in [4.78, 5) is 13.7. The Bertz CT molecular complexity index is 1050. The summed E-state index contributed by atoms with van der Waals surface area (Å²) >= 11 is 6.28. The molecule has 2 aliphatic heterocycles. The maximum atomic E-state index is 14.6. The molecule has 1 fully saturated rings. The van der Waals surface area contributed by atoms with E-state index in [9.17, 15) is 17.6 Å². The van der Waals surface area contributed by atoms with E-state index in [0.29, 0.717) is 24.1 Å². The summed E-state index contributed by atoms with van der Waals surface area (Å²) in [6.07, 6.45) is 2.77. The summed E-state index contributed by atoms with van der Waals surface area (Å²) in [5, 5.41) is 3.03. The molecule has 2 N–H and O–H groups in total. The van der Waals surface area contributed by atoms with Crippen LogP contribution in [0.15, 0.2) is 41.3 Å². The van der Waals surface area contributed by atoms with Gasteiger partial charge < -0.3 is 5.32 Å². The number of carbonyl (C=O) groups is 1. The lowest BCUT2D eigenvalue weighted by Crippen LogP contribution is -2.37. The van der Waals surface area contributed by atoms with Crippen LogP contribution in [0.4, 0.5) is 10.1 Å². The van der Waals surface area contributed by atoms with E-state index in [1.807, 2.05) is 0 Å². The number of rotatable bonds is 6. The molecule has 2 aromatic rings. The number of aryl methyl sites for hydroxylation is 1. The normalized spacial score (nSPS) is 18.1. The van der Waals surface area contributed by atoms with Gasteiger partial charge in [0.05, 0.1) is 10.9 Å². The van der Waals surface area contributed by atoms with Gasteiger partial charge in [0.1, 0.15) is 5.82 Å². The van der Waals surface area contributed by atoms with Crippen molar-refractivity contribution in [1.29, 1.82) is 0 Å². The van der Waals surface area contributed by atoms with Gasteiger partial charge in [-0.1, -0.05) is 17.7 Å². The van der Waals surface area contributed by atoms with Gasteiger partial charge >= 0.3 is 0 Å². The van der Waals surface area contributed by atoms with E-state index in [4.69, 9.17) is 11.6 Å². The molecule has 30 heavy (non-hydrogen) atoms. The van der Waals surface area contributed by atoms with Gasteiger partial charge in [-0.15, -0.1) is 0 Å². The molecule has 2 aromatic carbocycles. The quantitative estimate of drug-likeness (QED) is 0.704. The predicted molar refractivity (Wildman–Crippen MR) is 114 cm³/mol. The van der Waals surface area contributed by atoms with Crippen LogP contribution in [0.5, 0.6) is 0 Å². The number of hydrogen-bond acceptors (Lipinski definition) is 4. The fourth-order valence-corrected chi connectivity index (χ4v) is 5.47. The molecule has 0 radical (unpaired) electrons. The van der Waals surface area contributed by atoms with Crippen LogP contribution in [-0.4, -0.2) is 38.9 Å². The van der Waals surface area contributed by atoms with Crippen molar-refractivity contribution in [3.8, 4) is 0 Å². The van der Waals surface area contributed by atoms with Gasteiger partial charge in [-0.2, -0.15) is 0 Å². The van der Waals surface area contributed by atoms with Crippen LogP contribution in [-0.2, 0) is 21.2 Å². The number of likely N-dealkylation sites (tertiary alicyclic amines) is 1. The molecule has 1 unspecified atom stereocenters. The zero-order chi connectivity index (χ0) is 21.3. The van der Waals surface area contributed by atoms with Gasteiger partial charge in [-0.25, -0.2) is 17.5 Å². The SMILES string of the molecule is O=C1CCc2cc(S(=O)(=O)NCC(c3c(F)cccc3Cl)N3CCCC3)ccc2N1. The van der Waals surface area contributed by atoms with Crippen molar-refractivity contribution in [3.63, 3.8) is 0 Å². The van der Waals surface area contributed by atoms with Gasteiger partial charge in [0.25, 0.3) is 0 Å². The van der Waals surface area contributed by atoms with E-state index in [-0.39, 0.29) is 22.4 Å². The number of hydrogen-bond donors (Lipinski definition) is 2. The molecule has 2 aliphatic rings. The lowest BCUT2D eigenvalue weighted by atomic mass is 10.0. The lowest BCUT2D eigenvalue weighted by molar-refractivity contribution is -0.116. The minimum absolute atomic E-state index is 0.0107. The number of halogens is 2. The minimum atomic E-state index is -3.82. The van der Waals surface area contributed by atoms with Crippen LogP contribution in [0.2, 0.25) is 5.02 Å². The first-order valence-corrected chi connectivity index (χ1v) is 11.8. The van der Waals surface area contributed by atoms with Crippen molar-refractivity contribution in [3.05, 3.63) is 58.4 Å². The lowest BCUT2D eigenvalue weighted by Gasteiger charge is -2.29. The molecule has 1 amide bonds. The number of nitrogens with one attached hydrogen (secondary N) is 2. The first kappa shape index (κ1) is 21.2. The van der Waals surface area contributed by atoms with Gasteiger partial charge in [-0.05, 0) is 68.2 Å². The van der Waals surface area contributed by atoms with Crippen molar-refractivity contribution in [2.24, 2.45) is 0 Å². The number of sulfonamides is 1. The summed E-state index contributed by atoms with van der Waals surface area (Å²) in [7, 11) is -3.82. The Balaban J connectivity index is 1.58. The summed E-state index contributed by atoms with van der Waals surface area (Å²) in [5.74, 6) is -0.519. The van der Waals surface area contributed by atoms with E-state index >= 15 is 0 Å². The topological polar surface area (TPSA) is 78.5 Å². The molecule has 0 bridgehead atoms.